The van der Waals surface area contributed by atoms with Gasteiger partial charge in [-0.2, -0.15) is 0 Å². The summed E-state index contributed by atoms with van der Waals surface area (Å²) in [4.78, 5) is 25.8. The zero-order valence-electron chi connectivity index (χ0n) is 12.9. The molecule has 1 heterocycles. The van der Waals surface area contributed by atoms with Crippen molar-refractivity contribution in [2.24, 2.45) is 0 Å². The molecule has 1 aliphatic rings. The lowest BCUT2D eigenvalue weighted by Gasteiger charge is -2.20. The molecule has 2 aromatic rings. The maximum absolute atomic E-state index is 12.5. The third kappa shape index (κ3) is 3.11. The number of carbonyl (C=O) groups is 2. The molecule has 0 fully saturated rings. The quantitative estimate of drug-likeness (QED) is 0.913. The van der Waals surface area contributed by atoms with Gasteiger partial charge in [0.05, 0.1) is 11.3 Å². The number of carbonyl (C=O) groups excluding carboxylic acids is 2. The average molecular weight is 311 g/mol. The highest BCUT2D eigenvalue weighted by Crippen LogP contribution is 2.32. The third-order valence-corrected chi connectivity index (χ3v) is 3.52. The van der Waals surface area contributed by atoms with Gasteiger partial charge in [-0.3, -0.25) is 9.59 Å². The van der Waals surface area contributed by atoms with Crippen molar-refractivity contribution in [3.8, 4) is 5.75 Å². The van der Waals surface area contributed by atoms with Crippen molar-refractivity contribution in [2.75, 3.05) is 36.2 Å². The molecule has 0 unspecified atom stereocenters. The Labute approximate surface area is 134 Å². The van der Waals surface area contributed by atoms with Crippen LogP contribution in [0.2, 0.25) is 0 Å². The number of hydrogen-bond acceptors (Lipinski definition) is 4. The van der Waals surface area contributed by atoms with Crippen molar-refractivity contribution in [3.05, 3.63) is 48.0 Å². The highest BCUT2D eigenvalue weighted by Gasteiger charge is 2.22. The Morgan fingerprint density at radius 1 is 1.17 bits per heavy atom. The number of anilines is 3. The maximum Gasteiger partial charge on any atom is 0.262 e. The molecule has 6 heteroatoms. The predicted octanol–water partition coefficient (Wildman–Crippen LogP) is 2.34. The molecule has 0 atom stereocenters. The van der Waals surface area contributed by atoms with E-state index in [1.807, 2.05) is 43.3 Å². The molecule has 0 aromatic heterocycles. The highest BCUT2D eigenvalue weighted by molar-refractivity contribution is 6.09. The van der Waals surface area contributed by atoms with E-state index >= 15 is 0 Å². The second kappa shape index (κ2) is 6.00. The Balaban J connectivity index is 1.81. The molecule has 1 aliphatic heterocycles. The van der Waals surface area contributed by atoms with Crippen LogP contribution in [0.5, 0.6) is 5.75 Å². The van der Waals surface area contributed by atoms with Crippen LogP contribution in [0, 0.1) is 0 Å². The number of nitrogens with zero attached hydrogens (tertiary/aromatic N) is 1. The summed E-state index contributed by atoms with van der Waals surface area (Å²) in [5, 5.41) is 5.53. The number of benzene rings is 2. The number of amides is 2. The van der Waals surface area contributed by atoms with E-state index in [4.69, 9.17) is 4.74 Å². The molecule has 0 radical (unpaired) electrons. The lowest BCUT2D eigenvalue weighted by Crippen LogP contribution is -2.27. The second-order valence-electron chi connectivity index (χ2n) is 5.41. The van der Waals surface area contributed by atoms with Crippen LogP contribution in [0.25, 0.3) is 0 Å². The number of hydrogen-bond donors (Lipinski definition) is 2. The molecule has 0 saturated carbocycles. The summed E-state index contributed by atoms with van der Waals surface area (Å²) in [6.45, 7) is -0.0885. The number of ether oxygens (including phenoxy) is 1. The van der Waals surface area contributed by atoms with Gasteiger partial charge in [-0.15, -0.1) is 0 Å². The molecular weight excluding hydrogens is 294 g/mol. The fourth-order valence-corrected chi connectivity index (χ4v) is 2.34. The first kappa shape index (κ1) is 14.9. The van der Waals surface area contributed by atoms with Gasteiger partial charge >= 0.3 is 0 Å². The van der Waals surface area contributed by atoms with Crippen molar-refractivity contribution >= 4 is 28.9 Å². The van der Waals surface area contributed by atoms with E-state index in [1.165, 1.54) is 0 Å². The zero-order chi connectivity index (χ0) is 16.4. The smallest absolute Gasteiger partial charge is 0.262 e. The minimum Gasteiger partial charge on any atom is -0.481 e. The van der Waals surface area contributed by atoms with Crippen molar-refractivity contribution in [1.82, 2.24) is 0 Å². The van der Waals surface area contributed by atoms with Gasteiger partial charge in [-0.05, 0) is 36.4 Å². The van der Waals surface area contributed by atoms with E-state index in [1.54, 1.807) is 18.2 Å². The normalized spacial score (nSPS) is 12.7. The second-order valence-corrected chi connectivity index (χ2v) is 5.41. The molecule has 2 aromatic carbocycles. The molecule has 2 N–H and O–H groups in total. The van der Waals surface area contributed by atoms with Gasteiger partial charge in [-0.1, -0.05) is 6.07 Å². The molecule has 0 spiro atoms. The van der Waals surface area contributed by atoms with E-state index in [2.05, 4.69) is 10.6 Å². The van der Waals surface area contributed by atoms with E-state index in [9.17, 15) is 9.59 Å². The standard InChI is InChI=1S/C17H17N3O3/c1-20(2)12-8-6-11(7-9-12)18-17(22)13-4-3-5-14-16(13)23-10-15(21)19-14/h3-9H,10H2,1-2H3,(H,18,22)(H,19,21). The van der Waals surface area contributed by atoms with Crippen LogP contribution in [-0.4, -0.2) is 32.5 Å². The largest absolute Gasteiger partial charge is 0.481 e. The summed E-state index contributed by atoms with van der Waals surface area (Å²) in [5.41, 5.74) is 2.64. The zero-order valence-corrected chi connectivity index (χ0v) is 12.9. The monoisotopic (exact) mass is 311 g/mol. The van der Waals surface area contributed by atoms with Crippen LogP contribution >= 0.6 is 0 Å². The molecule has 0 bridgehead atoms. The third-order valence-electron chi connectivity index (χ3n) is 3.52. The SMILES string of the molecule is CN(C)c1ccc(NC(=O)c2cccc3c2OCC(=O)N3)cc1. The topological polar surface area (TPSA) is 70.7 Å². The van der Waals surface area contributed by atoms with Crippen LogP contribution in [0.1, 0.15) is 10.4 Å². The van der Waals surface area contributed by atoms with Crippen LogP contribution in [0.3, 0.4) is 0 Å². The highest BCUT2D eigenvalue weighted by atomic mass is 16.5. The minimum absolute atomic E-state index is 0.0885. The number of nitrogens with one attached hydrogen (secondary N) is 2. The Morgan fingerprint density at radius 3 is 2.61 bits per heavy atom. The number of para-hydroxylation sites is 1. The van der Waals surface area contributed by atoms with E-state index in [0.717, 1.165) is 5.69 Å². The van der Waals surface area contributed by atoms with E-state index in [0.29, 0.717) is 22.7 Å². The van der Waals surface area contributed by atoms with Crippen molar-refractivity contribution in [3.63, 3.8) is 0 Å². The molecule has 0 saturated heterocycles. The van der Waals surface area contributed by atoms with Crippen molar-refractivity contribution in [2.45, 2.75) is 0 Å². The first-order chi connectivity index (χ1) is 11.0. The fourth-order valence-electron chi connectivity index (χ4n) is 2.34. The summed E-state index contributed by atoms with van der Waals surface area (Å²) in [6, 6.07) is 12.6. The summed E-state index contributed by atoms with van der Waals surface area (Å²) in [7, 11) is 3.91. The molecule has 0 aliphatic carbocycles. The Morgan fingerprint density at radius 2 is 1.91 bits per heavy atom. The predicted molar refractivity (Wildman–Crippen MR) is 89.3 cm³/mol. The average Bonchev–Trinajstić information content (AvgIpc) is 2.54. The number of rotatable bonds is 3. The molecule has 23 heavy (non-hydrogen) atoms. The van der Waals surface area contributed by atoms with Gasteiger partial charge < -0.3 is 20.3 Å². The molecule has 118 valence electrons. The van der Waals surface area contributed by atoms with Crippen molar-refractivity contribution < 1.29 is 14.3 Å². The summed E-state index contributed by atoms with van der Waals surface area (Å²) in [5.74, 6) is -0.112. The van der Waals surface area contributed by atoms with Gasteiger partial charge in [0.2, 0.25) is 0 Å². The molecule has 6 nitrogen and oxygen atoms in total. The lowest BCUT2D eigenvalue weighted by atomic mass is 10.1. The van der Waals surface area contributed by atoms with Crippen molar-refractivity contribution in [1.29, 1.82) is 0 Å². The number of fused-ring (bicyclic) bond motifs is 1. The summed E-state index contributed by atoms with van der Waals surface area (Å²) < 4.78 is 5.40. The minimum atomic E-state index is -0.282. The van der Waals surface area contributed by atoms with Gasteiger partial charge in [0.15, 0.2) is 12.4 Å². The van der Waals surface area contributed by atoms with Gasteiger partial charge in [0.25, 0.3) is 11.8 Å². The molecule has 3 rings (SSSR count). The Hall–Kier alpha value is -3.02. The first-order valence-electron chi connectivity index (χ1n) is 7.19. The lowest BCUT2D eigenvalue weighted by molar-refractivity contribution is -0.118. The van der Waals surface area contributed by atoms with Crippen LogP contribution in [0.4, 0.5) is 17.1 Å². The van der Waals surface area contributed by atoms with Crippen LogP contribution in [-0.2, 0) is 4.79 Å². The van der Waals surface area contributed by atoms with E-state index < -0.39 is 0 Å². The fraction of sp³-hybridized carbons (Fsp3) is 0.176. The van der Waals surface area contributed by atoms with Crippen LogP contribution < -0.4 is 20.3 Å². The van der Waals surface area contributed by atoms with Gasteiger partial charge in [-0.25, -0.2) is 0 Å². The Kier molecular flexibility index (Phi) is 3.89. The first-order valence-corrected chi connectivity index (χ1v) is 7.19. The van der Waals surface area contributed by atoms with E-state index in [-0.39, 0.29) is 18.4 Å². The van der Waals surface area contributed by atoms with Gasteiger partial charge in [0, 0.05) is 25.5 Å². The summed E-state index contributed by atoms with van der Waals surface area (Å²) in [6.07, 6.45) is 0. The van der Waals surface area contributed by atoms with Crippen LogP contribution in [0.15, 0.2) is 42.5 Å². The maximum atomic E-state index is 12.5. The van der Waals surface area contributed by atoms with Gasteiger partial charge in [0.1, 0.15) is 0 Å². The Bertz CT molecular complexity index is 754. The summed E-state index contributed by atoms with van der Waals surface area (Å²) >= 11 is 0. The molecular formula is C17H17N3O3. The molecule has 2 amide bonds.